The Balaban J connectivity index is 1.71. The predicted octanol–water partition coefficient (Wildman–Crippen LogP) is 2.72. The molecule has 3 rings (SSSR count). The number of Topliss-reactive ketones (excluding diaryl/α,β-unsaturated/α-hetero) is 1. The normalized spacial score (nSPS) is 16.7. The SMILES string of the molecule is CNC(=O)c1cc(C(=O)CCCC2CN(C)CCO2)cc(Cc2cccc(OC)c2)n1. The van der Waals surface area contributed by atoms with Crippen LogP contribution in [0.2, 0.25) is 0 Å². The second-order valence-corrected chi connectivity index (χ2v) is 7.91. The number of hydrogen-bond acceptors (Lipinski definition) is 6. The smallest absolute Gasteiger partial charge is 0.269 e. The van der Waals surface area contributed by atoms with E-state index in [1.54, 1.807) is 26.3 Å². The first-order chi connectivity index (χ1) is 15.0. The van der Waals surface area contributed by atoms with Gasteiger partial charge in [0.2, 0.25) is 0 Å². The summed E-state index contributed by atoms with van der Waals surface area (Å²) in [5.74, 6) is 0.468. The second-order valence-electron chi connectivity index (χ2n) is 7.91. The summed E-state index contributed by atoms with van der Waals surface area (Å²) >= 11 is 0. The van der Waals surface area contributed by atoms with Crippen molar-refractivity contribution in [3.8, 4) is 5.75 Å². The molecule has 0 spiro atoms. The number of likely N-dealkylation sites (N-methyl/N-ethyl adjacent to an activating group) is 1. The number of hydrogen-bond donors (Lipinski definition) is 1. The third-order valence-electron chi connectivity index (χ3n) is 5.45. The fourth-order valence-corrected chi connectivity index (χ4v) is 3.75. The molecule has 1 amide bonds. The van der Waals surface area contributed by atoms with Crippen molar-refractivity contribution in [2.45, 2.75) is 31.8 Å². The molecule has 1 aliphatic rings. The molecular weight excluding hydrogens is 394 g/mol. The van der Waals surface area contributed by atoms with Gasteiger partial charge in [-0.3, -0.25) is 9.59 Å². The summed E-state index contributed by atoms with van der Waals surface area (Å²) in [6.45, 7) is 2.59. The molecule has 1 saturated heterocycles. The number of methoxy groups -OCH3 is 1. The first-order valence-electron chi connectivity index (χ1n) is 10.7. The van der Waals surface area contributed by atoms with Crippen LogP contribution < -0.4 is 10.1 Å². The zero-order valence-corrected chi connectivity index (χ0v) is 18.5. The van der Waals surface area contributed by atoms with Gasteiger partial charge in [0, 0.05) is 44.2 Å². The summed E-state index contributed by atoms with van der Waals surface area (Å²) < 4.78 is 11.1. The van der Waals surface area contributed by atoms with Gasteiger partial charge in [-0.05, 0) is 49.7 Å². The summed E-state index contributed by atoms with van der Waals surface area (Å²) in [6.07, 6.45) is 2.69. The number of rotatable bonds is 9. The first-order valence-corrected chi connectivity index (χ1v) is 10.7. The van der Waals surface area contributed by atoms with Crippen molar-refractivity contribution in [2.24, 2.45) is 0 Å². The lowest BCUT2D eigenvalue weighted by Crippen LogP contribution is -2.39. The van der Waals surface area contributed by atoms with Gasteiger partial charge in [-0.1, -0.05) is 12.1 Å². The molecule has 1 aromatic carbocycles. The van der Waals surface area contributed by atoms with Crippen LogP contribution in [0.1, 0.15) is 51.4 Å². The Hall–Kier alpha value is -2.77. The molecule has 1 fully saturated rings. The maximum atomic E-state index is 12.9. The van der Waals surface area contributed by atoms with Gasteiger partial charge in [0.15, 0.2) is 5.78 Å². The molecule has 31 heavy (non-hydrogen) atoms. The van der Waals surface area contributed by atoms with Crippen molar-refractivity contribution in [1.29, 1.82) is 0 Å². The summed E-state index contributed by atoms with van der Waals surface area (Å²) in [7, 11) is 5.26. The van der Waals surface area contributed by atoms with Crippen LogP contribution >= 0.6 is 0 Å². The third-order valence-corrected chi connectivity index (χ3v) is 5.45. The minimum absolute atomic E-state index is 0.0172. The number of nitrogens with one attached hydrogen (secondary N) is 1. The number of aromatic nitrogens is 1. The molecule has 0 saturated carbocycles. The Morgan fingerprint density at radius 2 is 2.13 bits per heavy atom. The maximum absolute atomic E-state index is 12.9. The van der Waals surface area contributed by atoms with Gasteiger partial charge in [0.05, 0.1) is 19.8 Å². The van der Waals surface area contributed by atoms with E-state index in [-0.39, 0.29) is 23.5 Å². The highest BCUT2D eigenvalue weighted by molar-refractivity contribution is 5.99. The number of carbonyl (C=O) groups excluding carboxylic acids is 2. The highest BCUT2D eigenvalue weighted by atomic mass is 16.5. The topological polar surface area (TPSA) is 80.8 Å². The number of benzene rings is 1. The van der Waals surface area contributed by atoms with Crippen LogP contribution in [0.3, 0.4) is 0 Å². The fourth-order valence-electron chi connectivity index (χ4n) is 3.75. The lowest BCUT2D eigenvalue weighted by atomic mass is 10.0. The van der Waals surface area contributed by atoms with Gasteiger partial charge in [0.1, 0.15) is 11.4 Å². The average molecular weight is 426 g/mol. The lowest BCUT2D eigenvalue weighted by molar-refractivity contribution is -0.0240. The van der Waals surface area contributed by atoms with Crippen molar-refractivity contribution in [3.63, 3.8) is 0 Å². The Kier molecular flexibility index (Phi) is 8.14. The average Bonchev–Trinajstić information content (AvgIpc) is 2.78. The molecule has 0 aliphatic carbocycles. The van der Waals surface area contributed by atoms with Crippen LogP contribution in [0, 0.1) is 0 Å². The predicted molar refractivity (Wildman–Crippen MR) is 119 cm³/mol. The standard InChI is InChI=1S/C24H31N3O4/c1-25-24(29)22-15-18(23(28)9-5-8-21-16-27(2)10-11-31-21)14-19(26-22)12-17-6-4-7-20(13-17)30-3/h4,6-7,13-15,21H,5,8-12,16H2,1-3H3,(H,25,29). The zero-order valence-electron chi connectivity index (χ0n) is 18.5. The van der Waals surface area contributed by atoms with E-state index in [4.69, 9.17) is 9.47 Å². The fraction of sp³-hybridized carbons (Fsp3) is 0.458. The number of ether oxygens (including phenoxy) is 2. The van der Waals surface area contributed by atoms with Gasteiger partial charge >= 0.3 is 0 Å². The molecular formula is C24H31N3O4. The van der Waals surface area contributed by atoms with E-state index in [1.165, 1.54) is 0 Å². The van der Waals surface area contributed by atoms with Gasteiger partial charge in [-0.2, -0.15) is 0 Å². The monoisotopic (exact) mass is 425 g/mol. The van der Waals surface area contributed by atoms with Crippen LogP contribution in [0.25, 0.3) is 0 Å². The van der Waals surface area contributed by atoms with E-state index in [9.17, 15) is 9.59 Å². The summed E-state index contributed by atoms with van der Waals surface area (Å²) in [5.41, 5.74) is 2.45. The number of carbonyl (C=O) groups is 2. The molecule has 7 nitrogen and oxygen atoms in total. The molecule has 1 atom stereocenters. The molecule has 1 aromatic heterocycles. The number of ketones is 1. The van der Waals surface area contributed by atoms with Crippen LogP contribution in [0.15, 0.2) is 36.4 Å². The molecule has 1 unspecified atom stereocenters. The van der Waals surface area contributed by atoms with E-state index >= 15 is 0 Å². The molecule has 166 valence electrons. The summed E-state index contributed by atoms with van der Waals surface area (Å²) in [5, 5.41) is 2.59. The van der Waals surface area contributed by atoms with Crippen LogP contribution in [0.4, 0.5) is 0 Å². The Morgan fingerprint density at radius 3 is 2.87 bits per heavy atom. The number of morpholine rings is 1. The molecule has 7 heteroatoms. The summed E-state index contributed by atoms with van der Waals surface area (Å²) in [6, 6.07) is 11.1. The van der Waals surface area contributed by atoms with E-state index in [0.717, 1.165) is 43.9 Å². The van der Waals surface area contributed by atoms with Gasteiger partial charge in [0.25, 0.3) is 5.91 Å². The van der Waals surface area contributed by atoms with Crippen LogP contribution in [-0.2, 0) is 11.2 Å². The largest absolute Gasteiger partial charge is 0.497 e. The number of pyridine rings is 1. The van der Waals surface area contributed by atoms with Crippen molar-refractivity contribution < 1.29 is 19.1 Å². The molecule has 1 N–H and O–H groups in total. The quantitative estimate of drug-likeness (QED) is 0.622. The Bertz CT molecular complexity index is 915. The minimum Gasteiger partial charge on any atom is -0.497 e. The van der Waals surface area contributed by atoms with Crippen LogP contribution in [-0.4, -0.2) is 68.6 Å². The van der Waals surface area contributed by atoms with E-state index in [2.05, 4.69) is 22.2 Å². The third kappa shape index (κ3) is 6.60. The van der Waals surface area contributed by atoms with Crippen molar-refractivity contribution in [1.82, 2.24) is 15.2 Å². The van der Waals surface area contributed by atoms with Gasteiger partial charge in [-0.15, -0.1) is 0 Å². The minimum atomic E-state index is -0.305. The first kappa shape index (κ1) is 22.9. The number of nitrogens with zero attached hydrogens (tertiary/aromatic N) is 2. The molecule has 0 bridgehead atoms. The highest BCUT2D eigenvalue weighted by Gasteiger charge is 2.19. The second kappa shape index (κ2) is 11.0. The Labute approximate surface area is 183 Å². The van der Waals surface area contributed by atoms with Gasteiger partial charge < -0.3 is 19.7 Å². The maximum Gasteiger partial charge on any atom is 0.269 e. The molecule has 2 aromatic rings. The van der Waals surface area contributed by atoms with E-state index < -0.39 is 0 Å². The van der Waals surface area contributed by atoms with E-state index in [0.29, 0.717) is 24.1 Å². The Morgan fingerprint density at radius 1 is 1.29 bits per heavy atom. The zero-order chi connectivity index (χ0) is 22.2. The van der Waals surface area contributed by atoms with Crippen molar-refractivity contribution >= 4 is 11.7 Å². The highest BCUT2D eigenvalue weighted by Crippen LogP contribution is 2.19. The molecule has 0 radical (unpaired) electrons. The van der Waals surface area contributed by atoms with Crippen molar-refractivity contribution in [3.05, 3.63) is 58.9 Å². The van der Waals surface area contributed by atoms with Gasteiger partial charge in [-0.25, -0.2) is 4.98 Å². The molecule has 2 heterocycles. The molecule has 1 aliphatic heterocycles. The van der Waals surface area contributed by atoms with Crippen LogP contribution in [0.5, 0.6) is 5.75 Å². The lowest BCUT2D eigenvalue weighted by Gasteiger charge is -2.30. The van der Waals surface area contributed by atoms with E-state index in [1.807, 2.05) is 24.3 Å². The van der Waals surface area contributed by atoms with Crippen molar-refractivity contribution in [2.75, 3.05) is 40.9 Å². The number of amides is 1. The summed E-state index contributed by atoms with van der Waals surface area (Å²) in [4.78, 5) is 31.8.